The van der Waals surface area contributed by atoms with Gasteiger partial charge in [0, 0.05) is 0 Å². The molecule has 164 valence electrons. The largest absolute Gasteiger partial charge is 0.432 e. The lowest BCUT2D eigenvalue weighted by Gasteiger charge is -2.38. The highest BCUT2D eigenvalue weighted by Gasteiger charge is 2.31. The van der Waals surface area contributed by atoms with Gasteiger partial charge in [-0.1, -0.05) is 50.8 Å². The smallest absolute Gasteiger partial charge is 0.387 e. The summed E-state index contributed by atoms with van der Waals surface area (Å²) < 4.78 is 43.3. The van der Waals surface area contributed by atoms with Gasteiger partial charge in [-0.3, -0.25) is 0 Å². The summed E-state index contributed by atoms with van der Waals surface area (Å²) in [6.45, 7) is -0.724. The van der Waals surface area contributed by atoms with E-state index in [9.17, 15) is 13.2 Å². The Morgan fingerprint density at radius 3 is 2.17 bits per heavy atom. The normalized spacial score (nSPS) is 27.5. The van der Waals surface area contributed by atoms with Crippen LogP contribution in [0.1, 0.15) is 82.6 Å². The maximum Gasteiger partial charge on any atom is 0.387 e. The average Bonchev–Trinajstić information content (AvgIpc) is 2.75. The second-order valence-electron chi connectivity index (χ2n) is 9.45. The number of halogens is 3. The zero-order chi connectivity index (χ0) is 21.1. The van der Waals surface area contributed by atoms with Crippen LogP contribution in [0.5, 0.6) is 5.75 Å². The molecule has 4 rings (SSSR count). The van der Waals surface area contributed by atoms with E-state index in [1.54, 1.807) is 0 Å². The van der Waals surface area contributed by atoms with Gasteiger partial charge >= 0.3 is 6.61 Å². The second-order valence-corrected chi connectivity index (χ2v) is 9.45. The maximum absolute atomic E-state index is 14.1. The molecule has 0 unspecified atom stereocenters. The van der Waals surface area contributed by atoms with E-state index in [0.29, 0.717) is 5.92 Å². The number of ether oxygens (including phenoxy) is 1. The van der Waals surface area contributed by atoms with Crippen molar-refractivity contribution < 1.29 is 17.9 Å². The zero-order valence-corrected chi connectivity index (χ0v) is 17.9. The number of fused-ring (bicyclic) bond motifs is 1. The molecule has 2 aromatic rings. The third-order valence-corrected chi connectivity index (χ3v) is 7.63. The third-order valence-electron chi connectivity index (χ3n) is 7.63. The van der Waals surface area contributed by atoms with Gasteiger partial charge in [0.15, 0.2) is 11.6 Å². The molecule has 2 saturated carbocycles. The van der Waals surface area contributed by atoms with E-state index in [-0.39, 0.29) is 5.75 Å². The van der Waals surface area contributed by atoms with Gasteiger partial charge in [-0.2, -0.15) is 8.78 Å². The minimum Gasteiger partial charge on any atom is -0.432 e. The molecule has 0 spiro atoms. The van der Waals surface area contributed by atoms with E-state index in [4.69, 9.17) is 0 Å². The predicted molar refractivity (Wildman–Crippen MR) is 116 cm³/mol. The van der Waals surface area contributed by atoms with Crippen molar-refractivity contribution in [1.29, 1.82) is 0 Å². The number of alkyl halides is 2. The molecule has 2 aliphatic rings. The summed E-state index contributed by atoms with van der Waals surface area (Å²) in [5.74, 6) is 2.14. The van der Waals surface area contributed by atoms with Crippen molar-refractivity contribution in [3.05, 3.63) is 41.7 Å². The Balaban J connectivity index is 1.37. The lowest BCUT2D eigenvalue weighted by atomic mass is 9.68. The minimum atomic E-state index is -3.02. The summed E-state index contributed by atoms with van der Waals surface area (Å²) in [5, 5.41) is 1.48. The first kappa shape index (κ1) is 21.5. The van der Waals surface area contributed by atoms with Gasteiger partial charge in [0.05, 0.1) is 0 Å². The molecule has 2 aromatic carbocycles. The first-order chi connectivity index (χ1) is 14.5. The number of rotatable bonds is 6. The van der Waals surface area contributed by atoms with Crippen LogP contribution in [0, 0.1) is 23.6 Å². The van der Waals surface area contributed by atoms with Crippen LogP contribution in [0.4, 0.5) is 13.2 Å². The number of hydrogen-bond acceptors (Lipinski definition) is 1. The molecule has 0 amide bonds. The molecule has 0 radical (unpaired) electrons. The molecule has 2 fully saturated rings. The van der Waals surface area contributed by atoms with E-state index in [1.165, 1.54) is 81.9 Å². The van der Waals surface area contributed by atoms with Crippen LogP contribution in [0.3, 0.4) is 0 Å². The van der Waals surface area contributed by atoms with E-state index in [0.717, 1.165) is 28.5 Å². The summed E-state index contributed by atoms with van der Waals surface area (Å²) in [6, 6.07) is 8.70. The molecular weight excluding hydrogens is 385 g/mol. The highest BCUT2D eigenvalue weighted by atomic mass is 19.3. The van der Waals surface area contributed by atoms with E-state index < -0.39 is 12.4 Å². The van der Waals surface area contributed by atoms with Crippen molar-refractivity contribution in [3.63, 3.8) is 0 Å². The Labute approximate surface area is 178 Å². The van der Waals surface area contributed by atoms with Crippen LogP contribution in [0.2, 0.25) is 0 Å². The van der Waals surface area contributed by atoms with Crippen molar-refractivity contribution in [2.45, 2.75) is 83.7 Å². The highest BCUT2D eigenvalue weighted by Crippen LogP contribution is 2.44. The highest BCUT2D eigenvalue weighted by molar-refractivity contribution is 5.84. The Bertz CT molecular complexity index is 834. The van der Waals surface area contributed by atoms with Crippen molar-refractivity contribution in [1.82, 2.24) is 0 Å². The fourth-order valence-electron chi connectivity index (χ4n) is 5.99. The molecule has 30 heavy (non-hydrogen) atoms. The maximum atomic E-state index is 14.1. The molecule has 0 aromatic heterocycles. The fourth-order valence-corrected chi connectivity index (χ4v) is 5.99. The van der Waals surface area contributed by atoms with Crippen LogP contribution < -0.4 is 4.74 Å². The van der Waals surface area contributed by atoms with Gasteiger partial charge in [0.2, 0.25) is 0 Å². The van der Waals surface area contributed by atoms with Gasteiger partial charge in [-0.05, 0) is 90.7 Å². The summed E-state index contributed by atoms with van der Waals surface area (Å²) in [6.07, 6.45) is 13.4. The topological polar surface area (TPSA) is 9.23 Å². The van der Waals surface area contributed by atoms with E-state index in [2.05, 4.69) is 17.7 Å². The van der Waals surface area contributed by atoms with Gasteiger partial charge in [0.1, 0.15) is 0 Å². The SMILES string of the molecule is CCCC1CCC(C2CCC(c3ccc4cc(OC(F)F)c(F)cc4c3)CC2)CC1. The molecule has 1 nitrogen and oxygen atoms in total. The standard InChI is InChI=1S/C26H33F3O/c1-2-3-17-4-6-18(7-5-17)19-8-10-20(11-9-19)21-12-13-22-16-25(30-26(28)29)24(27)15-23(22)14-21/h12-20,26H,2-11H2,1H3. The molecule has 4 heteroatoms. The van der Waals surface area contributed by atoms with Crippen LogP contribution >= 0.6 is 0 Å². The summed E-state index contributed by atoms with van der Waals surface area (Å²) in [7, 11) is 0. The quantitative estimate of drug-likeness (QED) is 0.457. The Morgan fingerprint density at radius 2 is 1.53 bits per heavy atom. The number of hydrogen-bond donors (Lipinski definition) is 0. The van der Waals surface area contributed by atoms with Crippen LogP contribution in [-0.4, -0.2) is 6.61 Å². The first-order valence-corrected chi connectivity index (χ1v) is 11.7. The molecular formula is C26H33F3O. The molecule has 0 N–H and O–H groups in total. The molecule has 0 bridgehead atoms. The lowest BCUT2D eigenvalue weighted by molar-refractivity contribution is -0.0520. The van der Waals surface area contributed by atoms with Crippen molar-refractivity contribution in [3.8, 4) is 5.75 Å². The predicted octanol–water partition coefficient (Wildman–Crippen LogP) is 8.46. The monoisotopic (exact) mass is 418 g/mol. The van der Waals surface area contributed by atoms with Crippen LogP contribution in [-0.2, 0) is 0 Å². The fraction of sp³-hybridized carbons (Fsp3) is 0.615. The minimum absolute atomic E-state index is 0.389. The average molecular weight is 419 g/mol. The molecule has 0 saturated heterocycles. The van der Waals surface area contributed by atoms with Gasteiger partial charge in [-0.15, -0.1) is 0 Å². The first-order valence-electron chi connectivity index (χ1n) is 11.7. The zero-order valence-electron chi connectivity index (χ0n) is 17.9. The van der Waals surface area contributed by atoms with Crippen molar-refractivity contribution in [2.24, 2.45) is 17.8 Å². The van der Waals surface area contributed by atoms with Crippen molar-refractivity contribution >= 4 is 10.8 Å². The Morgan fingerprint density at radius 1 is 0.867 bits per heavy atom. The van der Waals surface area contributed by atoms with Gasteiger partial charge in [0.25, 0.3) is 0 Å². The third kappa shape index (κ3) is 4.95. The molecule has 0 atom stereocenters. The summed E-state index contributed by atoms with van der Waals surface area (Å²) >= 11 is 0. The Hall–Kier alpha value is -1.71. The van der Waals surface area contributed by atoms with Gasteiger partial charge in [-0.25, -0.2) is 4.39 Å². The lowest BCUT2D eigenvalue weighted by Crippen LogP contribution is -2.25. The summed E-state index contributed by atoms with van der Waals surface area (Å²) in [5.41, 5.74) is 1.24. The van der Waals surface area contributed by atoms with E-state index >= 15 is 0 Å². The number of benzene rings is 2. The molecule has 2 aliphatic carbocycles. The Kier molecular flexibility index (Phi) is 6.90. The second kappa shape index (κ2) is 9.62. The van der Waals surface area contributed by atoms with Crippen LogP contribution in [0.25, 0.3) is 10.8 Å². The molecule has 0 heterocycles. The molecule has 0 aliphatic heterocycles. The van der Waals surface area contributed by atoms with Crippen molar-refractivity contribution in [2.75, 3.05) is 0 Å². The van der Waals surface area contributed by atoms with E-state index in [1.807, 2.05) is 12.1 Å². The summed E-state index contributed by atoms with van der Waals surface area (Å²) in [4.78, 5) is 0. The van der Waals surface area contributed by atoms with Crippen LogP contribution in [0.15, 0.2) is 30.3 Å². The van der Waals surface area contributed by atoms with Gasteiger partial charge < -0.3 is 4.74 Å².